The van der Waals surface area contributed by atoms with Crippen molar-refractivity contribution in [2.24, 2.45) is 0 Å². The number of anilines is 1. The molecule has 0 aliphatic heterocycles. The minimum atomic E-state index is -4.47. The highest BCUT2D eigenvalue weighted by atomic mass is 32.1. The first-order valence-electron chi connectivity index (χ1n) is 6.47. The fourth-order valence-corrected chi connectivity index (χ4v) is 2.36. The minimum Gasteiger partial charge on any atom is -0.493 e. The van der Waals surface area contributed by atoms with Crippen molar-refractivity contribution in [2.45, 2.75) is 25.9 Å². The molecule has 0 bridgehead atoms. The highest BCUT2D eigenvalue weighted by Crippen LogP contribution is 2.39. The molecule has 0 unspecified atom stereocenters. The average Bonchev–Trinajstić information content (AvgIpc) is 2.85. The number of nitrogens with two attached hydrogens (primary N) is 1. The van der Waals surface area contributed by atoms with Gasteiger partial charge in [0.05, 0.1) is 17.9 Å². The topological polar surface area (TPSA) is 48.1 Å². The smallest absolute Gasteiger partial charge is 0.419 e. The zero-order valence-corrected chi connectivity index (χ0v) is 12.2. The molecular formula is C14H15F3N2OS. The van der Waals surface area contributed by atoms with E-state index < -0.39 is 11.7 Å². The Balaban J connectivity index is 2.35. The number of halogens is 3. The molecule has 0 aliphatic rings. The maximum Gasteiger partial charge on any atom is 0.419 e. The Morgan fingerprint density at radius 2 is 2.10 bits per heavy atom. The molecule has 3 nitrogen and oxygen atoms in total. The zero-order valence-electron chi connectivity index (χ0n) is 11.4. The molecule has 7 heteroatoms. The molecule has 0 spiro atoms. The SMILES string of the molecule is CCCCOc1ccc(-c2csc(N)n2)cc1C(F)(F)F. The first-order valence-corrected chi connectivity index (χ1v) is 7.35. The van der Waals surface area contributed by atoms with Crippen molar-refractivity contribution >= 4 is 16.5 Å². The van der Waals surface area contributed by atoms with E-state index in [-0.39, 0.29) is 12.4 Å². The van der Waals surface area contributed by atoms with Crippen LogP contribution in [0.15, 0.2) is 23.6 Å². The molecule has 1 heterocycles. The molecule has 21 heavy (non-hydrogen) atoms. The minimum absolute atomic E-state index is 0.150. The van der Waals surface area contributed by atoms with Gasteiger partial charge >= 0.3 is 6.18 Å². The highest BCUT2D eigenvalue weighted by molar-refractivity contribution is 7.13. The highest BCUT2D eigenvalue weighted by Gasteiger charge is 2.34. The fourth-order valence-electron chi connectivity index (χ4n) is 1.78. The first kappa shape index (κ1) is 15.6. The van der Waals surface area contributed by atoms with Crippen LogP contribution >= 0.6 is 11.3 Å². The van der Waals surface area contributed by atoms with E-state index in [0.29, 0.717) is 22.8 Å². The van der Waals surface area contributed by atoms with Gasteiger partial charge in [-0.25, -0.2) is 4.98 Å². The van der Waals surface area contributed by atoms with Crippen LogP contribution in [0.2, 0.25) is 0 Å². The Bertz CT molecular complexity index is 611. The lowest BCUT2D eigenvalue weighted by Gasteiger charge is -2.14. The van der Waals surface area contributed by atoms with Crippen molar-refractivity contribution < 1.29 is 17.9 Å². The maximum absolute atomic E-state index is 13.1. The molecule has 2 aromatic rings. The summed E-state index contributed by atoms with van der Waals surface area (Å²) in [5.74, 6) is -0.150. The third-order valence-electron chi connectivity index (χ3n) is 2.86. The summed E-state index contributed by atoms with van der Waals surface area (Å²) < 4.78 is 44.6. The van der Waals surface area contributed by atoms with Crippen LogP contribution in [0.4, 0.5) is 18.3 Å². The van der Waals surface area contributed by atoms with Crippen molar-refractivity contribution in [3.05, 3.63) is 29.1 Å². The van der Waals surface area contributed by atoms with E-state index in [1.807, 2.05) is 6.92 Å². The predicted octanol–water partition coefficient (Wildman–Crippen LogP) is 4.59. The standard InChI is InChI=1S/C14H15F3N2OS/c1-2-3-6-20-12-5-4-9(7-10(12)14(15,16)17)11-8-21-13(18)19-11/h4-5,7-8H,2-3,6H2,1H3,(H2,18,19). The normalized spacial score (nSPS) is 11.6. The van der Waals surface area contributed by atoms with Gasteiger partial charge in [-0.2, -0.15) is 13.2 Å². The summed E-state index contributed by atoms with van der Waals surface area (Å²) in [6.07, 6.45) is -2.90. The van der Waals surface area contributed by atoms with Gasteiger partial charge in [0.1, 0.15) is 5.75 Å². The number of aromatic nitrogens is 1. The van der Waals surface area contributed by atoms with E-state index in [4.69, 9.17) is 10.5 Å². The molecule has 0 atom stereocenters. The van der Waals surface area contributed by atoms with Gasteiger partial charge in [0.25, 0.3) is 0 Å². The summed E-state index contributed by atoms with van der Waals surface area (Å²) in [6, 6.07) is 3.95. The molecule has 0 fully saturated rings. The van der Waals surface area contributed by atoms with E-state index in [9.17, 15) is 13.2 Å². The van der Waals surface area contributed by atoms with Crippen molar-refractivity contribution in [3.8, 4) is 17.0 Å². The van der Waals surface area contributed by atoms with Crippen LogP contribution in [0.1, 0.15) is 25.3 Å². The quantitative estimate of drug-likeness (QED) is 0.821. The van der Waals surface area contributed by atoms with E-state index >= 15 is 0 Å². The Morgan fingerprint density at radius 1 is 1.33 bits per heavy atom. The number of hydrogen-bond donors (Lipinski definition) is 1. The van der Waals surface area contributed by atoms with Crippen LogP contribution in [-0.4, -0.2) is 11.6 Å². The number of nitrogens with zero attached hydrogens (tertiary/aromatic N) is 1. The monoisotopic (exact) mass is 316 g/mol. The zero-order chi connectivity index (χ0) is 15.5. The summed E-state index contributed by atoms with van der Waals surface area (Å²) in [7, 11) is 0. The fraction of sp³-hybridized carbons (Fsp3) is 0.357. The third-order valence-corrected chi connectivity index (χ3v) is 3.53. The summed E-state index contributed by atoms with van der Waals surface area (Å²) in [5.41, 5.74) is 5.53. The first-order chi connectivity index (χ1) is 9.91. The van der Waals surface area contributed by atoms with E-state index in [0.717, 1.165) is 12.5 Å². The number of thiazole rings is 1. The molecule has 2 N–H and O–H groups in total. The van der Waals surface area contributed by atoms with Gasteiger partial charge in [0.2, 0.25) is 0 Å². The van der Waals surface area contributed by atoms with Crippen LogP contribution in [0, 0.1) is 0 Å². The van der Waals surface area contributed by atoms with E-state index in [1.54, 1.807) is 11.4 Å². The lowest BCUT2D eigenvalue weighted by atomic mass is 10.1. The molecule has 114 valence electrons. The Kier molecular flexibility index (Phi) is 4.72. The molecule has 1 aromatic carbocycles. The number of rotatable bonds is 5. The van der Waals surface area contributed by atoms with Gasteiger partial charge in [-0.15, -0.1) is 11.3 Å². The summed E-state index contributed by atoms with van der Waals surface area (Å²) in [6.45, 7) is 2.21. The second kappa shape index (κ2) is 6.34. The van der Waals surface area contributed by atoms with Gasteiger partial charge < -0.3 is 10.5 Å². The largest absolute Gasteiger partial charge is 0.493 e. The Morgan fingerprint density at radius 3 is 2.67 bits per heavy atom. The van der Waals surface area contributed by atoms with Crippen LogP contribution < -0.4 is 10.5 Å². The second-order valence-electron chi connectivity index (χ2n) is 4.48. The number of hydrogen-bond acceptors (Lipinski definition) is 4. The number of alkyl halides is 3. The predicted molar refractivity (Wildman–Crippen MR) is 77.4 cm³/mol. The second-order valence-corrected chi connectivity index (χ2v) is 5.37. The number of ether oxygens (including phenoxy) is 1. The lowest BCUT2D eigenvalue weighted by Crippen LogP contribution is -2.09. The molecule has 0 saturated carbocycles. The number of nitrogen functional groups attached to an aromatic ring is 1. The summed E-state index contributed by atoms with van der Waals surface area (Å²) in [5, 5.41) is 1.95. The van der Waals surface area contributed by atoms with Crippen molar-refractivity contribution in [1.29, 1.82) is 0 Å². The Labute approximate surface area is 124 Å². The van der Waals surface area contributed by atoms with E-state index in [2.05, 4.69) is 4.98 Å². The molecule has 0 amide bonds. The van der Waals surface area contributed by atoms with Crippen LogP contribution in [-0.2, 0) is 6.18 Å². The molecule has 0 aliphatic carbocycles. The van der Waals surface area contributed by atoms with Gasteiger partial charge in [-0.1, -0.05) is 13.3 Å². The maximum atomic E-state index is 13.1. The Hall–Kier alpha value is -1.76. The molecule has 0 saturated heterocycles. The molecule has 0 radical (unpaired) electrons. The van der Waals surface area contributed by atoms with Gasteiger partial charge in [0.15, 0.2) is 5.13 Å². The third kappa shape index (κ3) is 3.87. The lowest BCUT2D eigenvalue weighted by molar-refractivity contribution is -0.138. The van der Waals surface area contributed by atoms with Crippen LogP contribution in [0.3, 0.4) is 0 Å². The average molecular weight is 316 g/mol. The van der Waals surface area contributed by atoms with Gasteiger partial charge in [-0.3, -0.25) is 0 Å². The summed E-state index contributed by atoms with van der Waals surface area (Å²) >= 11 is 1.19. The summed E-state index contributed by atoms with van der Waals surface area (Å²) in [4.78, 5) is 4.00. The molecular weight excluding hydrogens is 301 g/mol. The number of unbranched alkanes of at least 4 members (excludes halogenated alkanes) is 1. The van der Waals surface area contributed by atoms with E-state index in [1.165, 1.54) is 17.4 Å². The van der Waals surface area contributed by atoms with Crippen molar-refractivity contribution in [3.63, 3.8) is 0 Å². The molecule has 1 aromatic heterocycles. The van der Waals surface area contributed by atoms with Gasteiger partial charge in [0, 0.05) is 10.9 Å². The molecule has 2 rings (SSSR count). The van der Waals surface area contributed by atoms with Crippen molar-refractivity contribution in [1.82, 2.24) is 4.98 Å². The van der Waals surface area contributed by atoms with Crippen molar-refractivity contribution in [2.75, 3.05) is 12.3 Å². The van der Waals surface area contributed by atoms with Crippen LogP contribution in [0.5, 0.6) is 5.75 Å². The van der Waals surface area contributed by atoms with Gasteiger partial charge in [-0.05, 0) is 24.6 Å². The van der Waals surface area contributed by atoms with Crippen LogP contribution in [0.25, 0.3) is 11.3 Å². The number of benzene rings is 1.